The van der Waals surface area contributed by atoms with Crippen molar-refractivity contribution in [1.82, 2.24) is 0 Å². The lowest BCUT2D eigenvalue weighted by atomic mass is 10.2. The van der Waals surface area contributed by atoms with E-state index in [-0.39, 0.29) is 11.2 Å². The van der Waals surface area contributed by atoms with Crippen LogP contribution in [0.2, 0.25) is 0 Å². The lowest BCUT2D eigenvalue weighted by Gasteiger charge is -2.09. The molecule has 92 valence electrons. The topological polar surface area (TPSA) is 26.3 Å². The van der Waals surface area contributed by atoms with E-state index in [1.165, 1.54) is 23.9 Å². The maximum atomic E-state index is 12.3. The number of benzene rings is 1. The summed E-state index contributed by atoms with van der Waals surface area (Å²) in [5.41, 5.74) is -0.666. The third-order valence-electron chi connectivity index (χ3n) is 2.31. The normalized spacial score (nSPS) is 20.4. The second-order valence-electron chi connectivity index (χ2n) is 3.65. The Morgan fingerprint density at radius 3 is 2.35 bits per heavy atom. The van der Waals surface area contributed by atoms with Gasteiger partial charge < -0.3 is 4.74 Å². The number of cyclic esters (lactones) is 1. The molecule has 0 amide bonds. The molecule has 1 aliphatic rings. The van der Waals surface area contributed by atoms with Crippen LogP contribution in [0.1, 0.15) is 12.0 Å². The first kappa shape index (κ1) is 12.3. The fourth-order valence-corrected chi connectivity index (χ4v) is 2.51. The van der Waals surface area contributed by atoms with E-state index in [0.717, 1.165) is 12.1 Å². The van der Waals surface area contributed by atoms with Crippen LogP contribution in [-0.2, 0) is 15.7 Å². The molecule has 0 unspecified atom stereocenters. The van der Waals surface area contributed by atoms with Crippen LogP contribution in [0.5, 0.6) is 0 Å². The van der Waals surface area contributed by atoms with Gasteiger partial charge in [0.05, 0.1) is 17.2 Å². The molecule has 0 saturated carbocycles. The van der Waals surface area contributed by atoms with E-state index >= 15 is 0 Å². The van der Waals surface area contributed by atoms with Crippen LogP contribution < -0.4 is 0 Å². The number of hydrogen-bond donors (Lipinski definition) is 0. The molecule has 2 rings (SSSR count). The lowest BCUT2D eigenvalue weighted by Crippen LogP contribution is -2.04. The number of ether oxygens (including phenoxy) is 1. The van der Waals surface area contributed by atoms with E-state index < -0.39 is 11.7 Å². The van der Waals surface area contributed by atoms with Crippen LogP contribution in [0.25, 0.3) is 0 Å². The second-order valence-corrected chi connectivity index (χ2v) is 5.02. The highest BCUT2D eigenvalue weighted by molar-refractivity contribution is 8.00. The van der Waals surface area contributed by atoms with E-state index in [1.54, 1.807) is 0 Å². The van der Waals surface area contributed by atoms with Gasteiger partial charge in [-0.1, -0.05) is 0 Å². The van der Waals surface area contributed by atoms with Gasteiger partial charge in [0.1, 0.15) is 6.61 Å². The van der Waals surface area contributed by atoms with Crippen molar-refractivity contribution in [1.29, 1.82) is 0 Å². The monoisotopic (exact) mass is 262 g/mol. The summed E-state index contributed by atoms with van der Waals surface area (Å²) in [6, 6.07) is 4.91. The van der Waals surface area contributed by atoms with Gasteiger partial charge in [0.25, 0.3) is 0 Å². The van der Waals surface area contributed by atoms with Crippen LogP contribution in [0.4, 0.5) is 13.2 Å². The van der Waals surface area contributed by atoms with Crippen molar-refractivity contribution in [3.8, 4) is 0 Å². The largest absolute Gasteiger partial charge is 0.464 e. The molecule has 17 heavy (non-hydrogen) atoms. The smallest absolute Gasteiger partial charge is 0.416 e. The van der Waals surface area contributed by atoms with Gasteiger partial charge in [-0.05, 0) is 24.3 Å². The van der Waals surface area contributed by atoms with Gasteiger partial charge >= 0.3 is 12.1 Å². The number of hydrogen-bond acceptors (Lipinski definition) is 3. The van der Waals surface area contributed by atoms with Crippen molar-refractivity contribution >= 4 is 17.7 Å². The van der Waals surface area contributed by atoms with Gasteiger partial charge in [-0.15, -0.1) is 11.8 Å². The molecule has 1 aromatic rings. The van der Waals surface area contributed by atoms with E-state index in [0.29, 0.717) is 17.9 Å². The van der Waals surface area contributed by atoms with E-state index in [1.807, 2.05) is 0 Å². The number of rotatable bonds is 2. The van der Waals surface area contributed by atoms with Gasteiger partial charge in [-0.2, -0.15) is 13.2 Å². The van der Waals surface area contributed by atoms with Gasteiger partial charge in [-0.3, -0.25) is 4.79 Å². The van der Waals surface area contributed by atoms with Crippen molar-refractivity contribution in [2.45, 2.75) is 22.7 Å². The van der Waals surface area contributed by atoms with Crippen molar-refractivity contribution in [2.75, 3.05) is 6.61 Å². The number of carbonyl (C=O) groups excluding carboxylic acids is 1. The minimum Gasteiger partial charge on any atom is -0.464 e. The van der Waals surface area contributed by atoms with Crippen LogP contribution in [0, 0.1) is 0 Å². The molecule has 2 nitrogen and oxygen atoms in total. The molecule has 0 bridgehead atoms. The highest BCUT2D eigenvalue weighted by Gasteiger charge is 2.30. The zero-order valence-corrected chi connectivity index (χ0v) is 9.48. The fraction of sp³-hybridized carbons (Fsp3) is 0.364. The van der Waals surface area contributed by atoms with E-state index in [4.69, 9.17) is 4.74 Å². The number of esters is 1. The molecular formula is C11H9F3O2S. The molecule has 0 N–H and O–H groups in total. The Hall–Kier alpha value is -1.17. The van der Waals surface area contributed by atoms with Gasteiger partial charge in [0.2, 0.25) is 0 Å². The number of alkyl halides is 3. The molecule has 1 heterocycles. The molecule has 0 aliphatic carbocycles. The zero-order valence-electron chi connectivity index (χ0n) is 8.66. The Morgan fingerprint density at radius 2 is 1.88 bits per heavy atom. The Balaban J connectivity index is 2.01. The summed E-state index contributed by atoms with van der Waals surface area (Å²) in [7, 11) is 0. The quantitative estimate of drug-likeness (QED) is 0.766. The highest BCUT2D eigenvalue weighted by Crippen LogP contribution is 2.33. The van der Waals surface area contributed by atoms with Crippen LogP contribution in [0.15, 0.2) is 29.2 Å². The average molecular weight is 262 g/mol. The summed E-state index contributed by atoms with van der Waals surface area (Å²) in [5.74, 6) is -0.255. The van der Waals surface area contributed by atoms with Crippen molar-refractivity contribution in [3.05, 3.63) is 29.8 Å². The number of halogens is 3. The van der Waals surface area contributed by atoms with E-state index in [2.05, 4.69) is 0 Å². The molecule has 1 atom stereocenters. The first-order chi connectivity index (χ1) is 7.95. The summed E-state index contributed by atoms with van der Waals surface area (Å²) >= 11 is 1.36. The number of thioether (sulfide) groups is 1. The Morgan fingerprint density at radius 1 is 1.24 bits per heavy atom. The summed E-state index contributed by atoms with van der Waals surface area (Å²) in [6.07, 6.45) is -4.00. The molecule has 6 heteroatoms. The maximum absolute atomic E-state index is 12.3. The first-order valence-electron chi connectivity index (χ1n) is 4.95. The summed E-state index contributed by atoms with van der Waals surface area (Å²) in [5, 5.41) is -0.000707. The third-order valence-corrected chi connectivity index (χ3v) is 3.49. The fourth-order valence-electron chi connectivity index (χ4n) is 1.48. The average Bonchev–Trinajstić information content (AvgIpc) is 2.63. The highest BCUT2D eigenvalue weighted by atomic mass is 32.2. The van der Waals surface area contributed by atoms with Crippen molar-refractivity contribution < 1.29 is 22.7 Å². The molecule has 1 aliphatic heterocycles. The third kappa shape index (κ3) is 3.15. The summed E-state index contributed by atoms with van der Waals surface area (Å²) in [4.78, 5) is 11.6. The minimum atomic E-state index is -4.31. The summed E-state index contributed by atoms with van der Waals surface area (Å²) in [6.45, 7) is 0.324. The van der Waals surface area contributed by atoms with E-state index in [9.17, 15) is 18.0 Å². The molecule has 0 radical (unpaired) electrons. The molecule has 0 aromatic heterocycles. The molecule has 0 spiro atoms. The first-order valence-corrected chi connectivity index (χ1v) is 5.82. The van der Waals surface area contributed by atoms with Gasteiger partial charge in [0.15, 0.2) is 0 Å². The molecular weight excluding hydrogens is 253 g/mol. The van der Waals surface area contributed by atoms with Crippen molar-refractivity contribution in [2.24, 2.45) is 0 Å². The predicted octanol–water partition coefficient (Wildman–Crippen LogP) is 3.11. The Labute approximate surface area is 100 Å². The van der Waals surface area contributed by atoms with Crippen LogP contribution in [-0.4, -0.2) is 17.8 Å². The summed E-state index contributed by atoms with van der Waals surface area (Å²) < 4.78 is 41.7. The molecule has 1 aromatic carbocycles. The predicted molar refractivity (Wildman–Crippen MR) is 56.7 cm³/mol. The lowest BCUT2D eigenvalue weighted by molar-refractivity contribution is -0.138. The zero-order chi connectivity index (χ0) is 12.5. The SMILES string of the molecule is O=C1C[C@@H](Sc2ccc(C(F)(F)F)cc2)CO1. The van der Waals surface area contributed by atoms with Gasteiger partial charge in [0, 0.05) is 4.90 Å². The van der Waals surface area contributed by atoms with Crippen LogP contribution >= 0.6 is 11.8 Å². The van der Waals surface area contributed by atoms with Crippen LogP contribution in [0.3, 0.4) is 0 Å². The maximum Gasteiger partial charge on any atom is 0.416 e. The molecule has 1 fully saturated rings. The van der Waals surface area contributed by atoms with Crippen molar-refractivity contribution in [3.63, 3.8) is 0 Å². The Kier molecular flexibility index (Phi) is 3.33. The minimum absolute atomic E-state index is 0.000707. The standard InChI is InChI=1S/C11H9F3O2S/c12-11(13,14)7-1-3-8(4-2-7)17-9-5-10(15)16-6-9/h1-4,9H,5-6H2/t9-/m1/s1. The second kappa shape index (κ2) is 4.60. The van der Waals surface area contributed by atoms with Gasteiger partial charge in [-0.25, -0.2) is 0 Å². The molecule has 1 saturated heterocycles. The Bertz CT molecular complexity index is 414. The number of carbonyl (C=O) groups is 1.